The highest BCUT2D eigenvalue weighted by Crippen LogP contribution is 2.65. The largest absolute Gasteiger partial charge is 0.316 e. The predicted octanol–water partition coefficient (Wildman–Crippen LogP) is 4.39. The van der Waals surface area contributed by atoms with Crippen molar-refractivity contribution in [1.29, 1.82) is 0 Å². The molecule has 0 aliphatic heterocycles. The maximum Gasteiger partial charge on any atom is 0.0515 e. The Bertz CT molecular complexity index is 383. The molecule has 0 radical (unpaired) electrons. The maximum absolute atomic E-state index is 6.01. The summed E-state index contributed by atoms with van der Waals surface area (Å²) in [5, 5.41) is 6.52. The maximum atomic E-state index is 6.01. The minimum Gasteiger partial charge on any atom is -0.316 e. The van der Waals surface area contributed by atoms with Crippen LogP contribution in [0.25, 0.3) is 0 Å². The highest BCUT2D eigenvalue weighted by atomic mass is 35.5. The van der Waals surface area contributed by atoms with Gasteiger partial charge in [0.1, 0.15) is 0 Å². The van der Waals surface area contributed by atoms with Crippen molar-refractivity contribution < 1.29 is 0 Å². The van der Waals surface area contributed by atoms with Crippen molar-refractivity contribution in [3.05, 3.63) is 21.3 Å². The Morgan fingerprint density at radius 3 is 2.71 bits per heavy atom. The first-order valence-electron chi connectivity index (χ1n) is 6.37. The van der Waals surface area contributed by atoms with Crippen molar-refractivity contribution in [2.45, 2.75) is 33.6 Å². The fourth-order valence-electron chi connectivity index (χ4n) is 2.71. The van der Waals surface area contributed by atoms with E-state index < -0.39 is 0 Å². The molecule has 3 heteroatoms. The second kappa shape index (κ2) is 4.91. The number of thiophene rings is 1. The monoisotopic (exact) mass is 271 g/mol. The van der Waals surface area contributed by atoms with Crippen LogP contribution in [0.15, 0.2) is 11.4 Å². The molecule has 1 fully saturated rings. The van der Waals surface area contributed by atoms with E-state index in [2.05, 4.69) is 39.1 Å². The van der Waals surface area contributed by atoms with E-state index in [4.69, 9.17) is 11.6 Å². The van der Waals surface area contributed by atoms with Crippen molar-refractivity contribution in [2.75, 3.05) is 13.1 Å². The Labute approximate surface area is 114 Å². The molecule has 0 spiro atoms. The number of rotatable bonds is 5. The molecule has 2 unspecified atom stereocenters. The Hall–Kier alpha value is -0.0500. The average Bonchev–Trinajstić information content (AvgIpc) is 2.56. The van der Waals surface area contributed by atoms with Gasteiger partial charge in [0.15, 0.2) is 0 Å². The van der Waals surface area contributed by atoms with E-state index in [0.717, 1.165) is 29.9 Å². The van der Waals surface area contributed by atoms with Crippen LogP contribution >= 0.6 is 22.9 Å². The lowest BCUT2D eigenvalue weighted by molar-refractivity contribution is 0.487. The van der Waals surface area contributed by atoms with Crippen LogP contribution in [-0.4, -0.2) is 13.1 Å². The SMILES string of the molecule is CC(C)CNCC1C(c2cc(Cl)cs2)C1(C)C. The van der Waals surface area contributed by atoms with Gasteiger partial charge in [-0.1, -0.05) is 39.3 Å². The van der Waals surface area contributed by atoms with Crippen molar-refractivity contribution in [3.8, 4) is 0 Å². The lowest BCUT2D eigenvalue weighted by Crippen LogP contribution is -2.23. The lowest BCUT2D eigenvalue weighted by atomic mass is 10.1. The molecule has 1 saturated carbocycles. The molecule has 1 aromatic rings. The van der Waals surface area contributed by atoms with Crippen LogP contribution in [0.4, 0.5) is 0 Å². The highest BCUT2D eigenvalue weighted by molar-refractivity contribution is 7.10. The van der Waals surface area contributed by atoms with Crippen LogP contribution in [0.1, 0.15) is 38.5 Å². The van der Waals surface area contributed by atoms with Gasteiger partial charge in [-0.2, -0.15) is 0 Å². The topological polar surface area (TPSA) is 12.0 Å². The van der Waals surface area contributed by atoms with Crippen LogP contribution < -0.4 is 5.32 Å². The van der Waals surface area contributed by atoms with E-state index in [1.54, 1.807) is 11.3 Å². The third-order valence-corrected chi connectivity index (χ3v) is 5.22. The molecular formula is C14H22ClNS. The first kappa shape index (κ1) is 13.4. The minimum atomic E-state index is 0.429. The third-order valence-electron chi connectivity index (χ3n) is 3.86. The first-order valence-corrected chi connectivity index (χ1v) is 7.63. The van der Waals surface area contributed by atoms with Crippen molar-refractivity contribution in [2.24, 2.45) is 17.3 Å². The zero-order valence-corrected chi connectivity index (χ0v) is 12.7. The van der Waals surface area contributed by atoms with E-state index in [-0.39, 0.29) is 0 Å². The molecule has 0 saturated heterocycles. The van der Waals surface area contributed by atoms with Gasteiger partial charge in [0.25, 0.3) is 0 Å². The highest BCUT2D eigenvalue weighted by Gasteiger charge is 2.58. The average molecular weight is 272 g/mol. The fraction of sp³-hybridized carbons (Fsp3) is 0.714. The molecule has 96 valence electrons. The van der Waals surface area contributed by atoms with Crippen LogP contribution in [-0.2, 0) is 0 Å². The van der Waals surface area contributed by atoms with Gasteiger partial charge in [-0.05, 0) is 36.4 Å². The minimum absolute atomic E-state index is 0.429. The van der Waals surface area contributed by atoms with Gasteiger partial charge in [0, 0.05) is 16.2 Å². The molecular weight excluding hydrogens is 250 g/mol. The molecule has 1 aromatic heterocycles. The summed E-state index contributed by atoms with van der Waals surface area (Å²) in [4.78, 5) is 1.45. The van der Waals surface area contributed by atoms with Gasteiger partial charge in [-0.3, -0.25) is 0 Å². The van der Waals surface area contributed by atoms with Gasteiger partial charge in [-0.15, -0.1) is 11.3 Å². The summed E-state index contributed by atoms with van der Waals surface area (Å²) in [5.74, 6) is 2.18. The molecule has 1 N–H and O–H groups in total. The van der Waals surface area contributed by atoms with Crippen LogP contribution in [0.5, 0.6) is 0 Å². The first-order chi connectivity index (χ1) is 7.93. The molecule has 1 heterocycles. The Balaban J connectivity index is 1.92. The van der Waals surface area contributed by atoms with Crippen molar-refractivity contribution in [1.82, 2.24) is 5.32 Å². The van der Waals surface area contributed by atoms with E-state index in [1.165, 1.54) is 4.88 Å². The molecule has 1 aliphatic rings. The smallest absolute Gasteiger partial charge is 0.0515 e. The second-order valence-corrected chi connectivity index (χ2v) is 7.50. The summed E-state index contributed by atoms with van der Waals surface area (Å²) >= 11 is 7.82. The summed E-state index contributed by atoms with van der Waals surface area (Å²) in [6.07, 6.45) is 0. The zero-order chi connectivity index (χ0) is 12.6. The quantitative estimate of drug-likeness (QED) is 0.838. The summed E-state index contributed by atoms with van der Waals surface area (Å²) in [5.41, 5.74) is 0.429. The fourth-order valence-corrected chi connectivity index (χ4v) is 4.15. The number of halogens is 1. The number of hydrogen-bond acceptors (Lipinski definition) is 2. The van der Waals surface area contributed by atoms with Gasteiger partial charge in [0.2, 0.25) is 0 Å². The summed E-state index contributed by atoms with van der Waals surface area (Å²) < 4.78 is 0. The van der Waals surface area contributed by atoms with Crippen molar-refractivity contribution in [3.63, 3.8) is 0 Å². The standard InChI is InChI=1S/C14H22ClNS/c1-9(2)6-16-7-11-13(14(11,3)4)12-5-10(15)8-17-12/h5,8-9,11,13,16H,6-7H2,1-4H3. The molecule has 1 aliphatic carbocycles. The molecule has 0 bridgehead atoms. The number of hydrogen-bond donors (Lipinski definition) is 1. The molecule has 2 rings (SSSR count). The van der Waals surface area contributed by atoms with Gasteiger partial charge < -0.3 is 5.32 Å². The molecule has 1 nitrogen and oxygen atoms in total. The predicted molar refractivity (Wildman–Crippen MR) is 77.0 cm³/mol. The summed E-state index contributed by atoms with van der Waals surface area (Å²) in [6, 6.07) is 2.14. The van der Waals surface area contributed by atoms with Gasteiger partial charge in [-0.25, -0.2) is 0 Å². The molecule has 0 amide bonds. The van der Waals surface area contributed by atoms with E-state index in [9.17, 15) is 0 Å². The van der Waals surface area contributed by atoms with Crippen LogP contribution in [0, 0.1) is 17.3 Å². The van der Waals surface area contributed by atoms with Crippen LogP contribution in [0.2, 0.25) is 5.02 Å². The van der Waals surface area contributed by atoms with E-state index in [0.29, 0.717) is 11.3 Å². The second-order valence-electron chi connectivity index (χ2n) is 6.12. The number of nitrogens with one attached hydrogen (secondary N) is 1. The Morgan fingerprint density at radius 2 is 2.18 bits per heavy atom. The summed E-state index contributed by atoms with van der Waals surface area (Å²) in [6.45, 7) is 11.5. The van der Waals surface area contributed by atoms with Crippen molar-refractivity contribution >= 4 is 22.9 Å². The normalized spacial score (nSPS) is 26.5. The lowest BCUT2D eigenvalue weighted by Gasteiger charge is -2.07. The van der Waals surface area contributed by atoms with Gasteiger partial charge in [0.05, 0.1) is 5.02 Å². The Kier molecular flexibility index (Phi) is 3.86. The van der Waals surface area contributed by atoms with Gasteiger partial charge >= 0.3 is 0 Å². The Morgan fingerprint density at radius 1 is 1.47 bits per heavy atom. The van der Waals surface area contributed by atoms with Crippen LogP contribution in [0.3, 0.4) is 0 Å². The van der Waals surface area contributed by atoms with E-state index >= 15 is 0 Å². The third kappa shape index (κ3) is 2.86. The molecule has 0 aromatic carbocycles. The zero-order valence-electron chi connectivity index (χ0n) is 11.1. The molecule has 17 heavy (non-hydrogen) atoms. The van der Waals surface area contributed by atoms with E-state index in [1.807, 2.05) is 5.38 Å². The molecule has 2 atom stereocenters. The summed E-state index contributed by atoms with van der Waals surface area (Å²) in [7, 11) is 0.